The van der Waals surface area contributed by atoms with E-state index in [0.717, 1.165) is 22.3 Å². The zero-order chi connectivity index (χ0) is 12.4. The summed E-state index contributed by atoms with van der Waals surface area (Å²) in [6.45, 7) is 4.36. The van der Waals surface area contributed by atoms with E-state index in [0.29, 0.717) is 12.2 Å². The summed E-state index contributed by atoms with van der Waals surface area (Å²) in [6.07, 6.45) is 0. The Morgan fingerprint density at radius 2 is 2.18 bits per heavy atom. The van der Waals surface area contributed by atoms with Crippen LogP contribution in [0, 0.1) is 6.92 Å². The lowest BCUT2D eigenvalue weighted by molar-refractivity contribution is 0.0602. The molecule has 0 fully saturated rings. The zero-order valence-electron chi connectivity index (χ0n) is 10.2. The molecule has 90 valence electrons. The number of H-pyrrole nitrogens is 1. The van der Waals surface area contributed by atoms with Crippen molar-refractivity contribution in [3.8, 4) is 5.75 Å². The molecule has 0 radical (unpaired) electrons. The van der Waals surface area contributed by atoms with Crippen LogP contribution in [0.25, 0.3) is 10.9 Å². The molecule has 0 unspecified atom stereocenters. The largest absolute Gasteiger partial charge is 0.492 e. The first kappa shape index (κ1) is 11.5. The summed E-state index contributed by atoms with van der Waals surface area (Å²) in [4.78, 5) is 14.9. The summed E-state index contributed by atoms with van der Waals surface area (Å²) in [7, 11) is 1.38. The molecule has 4 heteroatoms. The zero-order valence-corrected chi connectivity index (χ0v) is 10.2. The van der Waals surface area contributed by atoms with Gasteiger partial charge in [0.05, 0.1) is 24.8 Å². The van der Waals surface area contributed by atoms with Crippen LogP contribution in [0.2, 0.25) is 0 Å². The fourth-order valence-corrected chi connectivity index (χ4v) is 1.96. The minimum atomic E-state index is -0.331. The van der Waals surface area contributed by atoms with Crippen LogP contribution < -0.4 is 4.74 Å². The molecule has 1 aromatic carbocycles. The van der Waals surface area contributed by atoms with E-state index in [1.54, 1.807) is 0 Å². The van der Waals surface area contributed by atoms with E-state index >= 15 is 0 Å². The van der Waals surface area contributed by atoms with Gasteiger partial charge in [-0.15, -0.1) is 0 Å². The lowest BCUT2D eigenvalue weighted by atomic mass is 10.1. The van der Waals surface area contributed by atoms with Crippen molar-refractivity contribution in [2.24, 2.45) is 0 Å². The van der Waals surface area contributed by atoms with Crippen molar-refractivity contribution in [1.29, 1.82) is 0 Å². The number of aromatic nitrogens is 1. The maximum absolute atomic E-state index is 11.7. The number of aromatic amines is 1. The van der Waals surface area contributed by atoms with Gasteiger partial charge in [0.25, 0.3) is 0 Å². The molecule has 0 atom stereocenters. The third-order valence-corrected chi connectivity index (χ3v) is 2.67. The van der Waals surface area contributed by atoms with Crippen LogP contribution >= 0.6 is 0 Å². The van der Waals surface area contributed by atoms with Crippen molar-refractivity contribution < 1.29 is 14.3 Å². The van der Waals surface area contributed by atoms with E-state index in [-0.39, 0.29) is 5.97 Å². The lowest BCUT2D eigenvalue weighted by Gasteiger charge is -2.04. The van der Waals surface area contributed by atoms with Gasteiger partial charge in [0.1, 0.15) is 5.75 Å². The number of benzene rings is 1. The normalized spacial score (nSPS) is 10.5. The van der Waals surface area contributed by atoms with E-state index in [2.05, 4.69) is 4.98 Å². The van der Waals surface area contributed by atoms with Gasteiger partial charge in [0, 0.05) is 11.1 Å². The van der Waals surface area contributed by atoms with E-state index in [1.165, 1.54) is 7.11 Å². The van der Waals surface area contributed by atoms with Crippen molar-refractivity contribution in [2.45, 2.75) is 13.8 Å². The molecule has 17 heavy (non-hydrogen) atoms. The van der Waals surface area contributed by atoms with Crippen molar-refractivity contribution in [3.05, 3.63) is 29.5 Å². The smallest absolute Gasteiger partial charge is 0.340 e. The molecule has 2 rings (SSSR count). The molecular weight excluding hydrogens is 218 g/mol. The topological polar surface area (TPSA) is 51.3 Å². The SMILES string of the molecule is CCOc1cccc2c(C(=O)OC)c(C)[nH]c12. The van der Waals surface area contributed by atoms with Crippen molar-refractivity contribution in [2.75, 3.05) is 13.7 Å². The first-order valence-corrected chi connectivity index (χ1v) is 5.51. The summed E-state index contributed by atoms with van der Waals surface area (Å²) >= 11 is 0. The molecule has 0 amide bonds. The number of nitrogens with one attached hydrogen (secondary N) is 1. The number of fused-ring (bicyclic) bond motifs is 1. The number of para-hydroxylation sites is 1. The third-order valence-electron chi connectivity index (χ3n) is 2.67. The Morgan fingerprint density at radius 1 is 1.41 bits per heavy atom. The quantitative estimate of drug-likeness (QED) is 0.829. The van der Waals surface area contributed by atoms with Gasteiger partial charge in [-0.25, -0.2) is 4.79 Å². The van der Waals surface area contributed by atoms with Crippen LogP contribution in [-0.4, -0.2) is 24.7 Å². The number of carbonyl (C=O) groups is 1. The Hall–Kier alpha value is -1.97. The molecule has 1 aromatic heterocycles. The summed E-state index contributed by atoms with van der Waals surface area (Å²) in [5.74, 6) is 0.422. The lowest BCUT2D eigenvalue weighted by Crippen LogP contribution is -2.01. The van der Waals surface area contributed by atoms with E-state index in [4.69, 9.17) is 9.47 Å². The Morgan fingerprint density at radius 3 is 2.82 bits per heavy atom. The molecular formula is C13H15NO3. The molecule has 0 aliphatic heterocycles. The van der Waals surface area contributed by atoms with Crippen molar-refractivity contribution in [1.82, 2.24) is 4.98 Å². The van der Waals surface area contributed by atoms with E-state index < -0.39 is 0 Å². The number of hydrogen-bond donors (Lipinski definition) is 1. The summed E-state index contributed by atoms with van der Waals surface area (Å²) < 4.78 is 10.3. The first-order chi connectivity index (χ1) is 8.19. The molecule has 0 aliphatic rings. The van der Waals surface area contributed by atoms with Crippen molar-refractivity contribution in [3.63, 3.8) is 0 Å². The predicted molar refractivity (Wildman–Crippen MR) is 65.5 cm³/mol. The Kier molecular flexibility index (Phi) is 3.04. The highest BCUT2D eigenvalue weighted by atomic mass is 16.5. The van der Waals surface area contributed by atoms with Gasteiger partial charge in [-0.05, 0) is 19.9 Å². The first-order valence-electron chi connectivity index (χ1n) is 5.51. The van der Waals surface area contributed by atoms with Gasteiger partial charge in [0.2, 0.25) is 0 Å². The average Bonchev–Trinajstić information content (AvgIpc) is 2.66. The second-order valence-electron chi connectivity index (χ2n) is 3.73. The van der Waals surface area contributed by atoms with Crippen LogP contribution in [-0.2, 0) is 4.74 Å². The second-order valence-corrected chi connectivity index (χ2v) is 3.73. The molecule has 0 spiro atoms. The van der Waals surface area contributed by atoms with Gasteiger partial charge >= 0.3 is 5.97 Å². The Balaban J connectivity index is 2.67. The van der Waals surface area contributed by atoms with Gasteiger partial charge in [-0.2, -0.15) is 0 Å². The maximum Gasteiger partial charge on any atom is 0.340 e. The number of rotatable bonds is 3. The van der Waals surface area contributed by atoms with E-state index in [9.17, 15) is 4.79 Å². The number of ether oxygens (including phenoxy) is 2. The standard InChI is InChI=1S/C13H15NO3/c1-4-17-10-7-5-6-9-11(13(15)16-3)8(2)14-12(9)10/h5-7,14H,4H2,1-3H3. The number of aryl methyl sites for hydroxylation is 1. The van der Waals surface area contributed by atoms with Crippen LogP contribution in [0.3, 0.4) is 0 Å². The van der Waals surface area contributed by atoms with Crippen LogP contribution in [0.15, 0.2) is 18.2 Å². The van der Waals surface area contributed by atoms with Crippen molar-refractivity contribution >= 4 is 16.9 Å². The highest BCUT2D eigenvalue weighted by molar-refractivity contribution is 6.06. The molecule has 0 saturated heterocycles. The van der Waals surface area contributed by atoms with Crippen LogP contribution in [0.5, 0.6) is 5.75 Å². The fraction of sp³-hybridized carbons (Fsp3) is 0.308. The summed E-state index contributed by atoms with van der Waals surface area (Å²) in [6, 6.07) is 5.63. The third kappa shape index (κ3) is 1.86. The summed E-state index contributed by atoms with van der Waals surface area (Å²) in [5.41, 5.74) is 2.20. The number of carbonyl (C=O) groups excluding carboxylic acids is 1. The maximum atomic E-state index is 11.7. The Labute approximate surface area is 99.5 Å². The molecule has 2 aromatic rings. The van der Waals surface area contributed by atoms with Gasteiger partial charge in [0.15, 0.2) is 0 Å². The Bertz CT molecular complexity index is 557. The molecule has 4 nitrogen and oxygen atoms in total. The van der Waals surface area contributed by atoms with Gasteiger partial charge in [-0.3, -0.25) is 0 Å². The van der Waals surface area contributed by atoms with Crippen LogP contribution in [0.4, 0.5) is 0 Å². The van der Waals surface area contributed by atoms with Gasteiger partial charge in [-0.1, -0.05) is 12.1 Å². The minimum Gasteiger partial charge on any atom is -0.492 e. The summed E-state index contributed by atoms with van der Waals surface area (Å²) in [5, 5.41) is 0.834. The number of hydrogen-bond acceptors (Lipinski definition) is 3. The average molecular weight is 233 g/mol. The molecule has 0 saturated carbocycles. The minimum absolute atomic E-state index is 0.331. The molecule has 0 aliphatic carbocycles. The highest BCUT2D eigenvalue weighted by Crippen LogP contribution is 2.29. The molecule has 1 N–H and O–H groups in total. The van der Waals surface area contributed by atoms with E-state index in [1.807, 2.05) is 32.0 Å². The van der Waals surface area contributed by atoms with Crippen LogP contribution in [0.1, 0.15) is 23.0 Å². The number of methoxy groups -OCH3 is 1. The predicted octanol–water partition coefficient (Wildman–Crippen LogP) is 2.66. The monoisotopic (exact) mass is 233 g/mol. The van der Waals surface area contributed by atoms with Gasteiger partial charge < -0.3 is 14.5 Å². The fourth-order valence-electron chi connectivity index (χ4n) is 1.96. The molecule has 1 heterocycles. The second kappa shape index (κ2) is 4.49. The highest BCUT2D eigenvalue weighted by Gasteiger charge is 2.18. The number of esters is 1. The molecule has 0 bridgehead atoms.